The molecule has 0 radical (unpaired) electrons. The Labute approximate surface area is 218 Å². The van der Waals surface area contributed by atoms with Crippen molar-refractivity contribution in [2.75, 3.05) is 10.2 Å². The van der Waals surface area contributed by atoms with Crippen molar-refractivity contribution in [2.24, 2.45) is 5.92 Å². The van der Waals surface area contributed by atoms with E-state index in [-0.39, 0.29) is 17.5 Å². The summed E-state index contributed by atoms with van der Waals surface area (Å²) in [4.78, 5) is 45.6. The second-order valence-electron chi connectivity index (χ2n) is 9.63. The number of hydrogen-bond donors (Lipinski definition) is 1. The zero-order valence-electron chi connectivity index (χ0n) is 19.7. The molecule has 3 aromatic carbocycles. The van der Waals surface area contributed by atoms with Gasteiger partial charge in [0.1, 0.15) is 11.5 Å². The number of carbonyl (C=O) groups excluding carboxylic acids is 3. The minimum atomic E-state index is -1.27. The minimum absolute atomic E-state index is 0.167. The molecular formula is C31H22N2O3S. The van der Waals surface area contributed by atoms with Crippen molar-refractivity contribution in [3.05, 3.63) is 124 Å². The van der Waals surface area contributed by atoms with Gasteiger partial charge in [0.05, 0.1) is 16.8 Å². The fourth-order valence-corrected chi connectivity index (χ4v) is 7.17. The highest BCUT2D eigenvalue weighted by Gasteiger charge is 2.70. The Morgan fingerprint density at radius 1 is 0.838 bits per heavy atom. The number of amides is 1. The third kappa shape index (κ3) is 2.93. The lowest BCUT2D eigenvalue weighted by atomic mass is 9.64. The van der Waals surface area contributed by atoms with E-state index < -0.39 is 23.4 Å². The predicted molar refractivity (Wildman–Crippen MR) is 145 cm³/mol. The molecule has 4 atom stereocenters. The van der Waals surface area contributed by atoms with Gasteiger partial charge in [0.25, 0.3) is 0 Å². The average Bonchev–Trinajstić information content (AvgIpc) is 3.65. The van der Waals surface area contributed by atoms with E-state index in [1.54, 1.807) is 18.2 Å². The maximum absolute atomic E-state index is 14.5. The van der Waals surface area contributed by atoms with E-state index >= 15 is 0 Å². The quantitative estimate of drug-likeness (QED) is 0.369. The van der Waals surface area contributed by atoms with Gasteiger partial charge in [-0.05, 0) is 34.7 Å². The van der Waals surface area contributed by atoms with E-state index in [4.69, 9.17) is 0 Å². The smallest absolute Gasteiger partial charge is 0.238 e. The lowest BCUT2D eigenvalue weighted by molar-refractivity contribution is -0.121. The van der Waals surface area contributed by atoms with E-state index in [9.17, 15) is 14.4 Å². The van der Waals surface area contributed by atoms with E-state index in [0.29, 0.717) is 16.1 Å². The van der Waals surface area contributed by atoms with Crippen LogP contribution in [0.5, 0.6) is 0 Å². The molecule has 5 nitrogen and oxygen atoms in total. The number of fused-ring (bicyclic) bond motifs is 6. The highest BCUT2D eigenvalue weighted by Crippen LogP contribution is 2.58. The SMILES string of the molecule is O=C(c1ccccc1)[C@@H]1[C@H](C(=O)c2cccs2)[C@@]2(C(=O)Nc3ccccc32)[C@@H]2C=Cc3ccccc3N12. The number of nitrogens with zero attached hydrogens (tertiary/aromatic N) is 1. The van der Waals surface area contributed by atoms with Gasteiger partial charge in [0.15, 0.2) is 11.6 Å². The number of para-hydroxylation sites is 2. The normalized spacial score (nSPS) is 24.9. The number of hydrogen-bond acceptors (Lipinski definition) is 5. The molecule has 0 aliphatic carbocycles. The molecule has 1 aromatic heterocycles. The third-order valence-corrected chi connectivity index (χ3v) is 8.80. The molecule has 37 heavy (non-hydrogen) atoms. The lowest BCUT2D eigenvalue weighted by Crippen LogP contribution is -2.51. The number of ketones is 2. The van der Waals surface area contributed by atoms with E-state index in [2.05, 4.69) is 5.32 Å². The Morgan fingerprint density at radius 2 is 1.59 bits per heavy atom. The molecule has 1 spiro atoms. The van der Waals surface area contributed by atoms with Gasteiger partial charge >= 0.3 is 0 Å². The van der Waals surface area contributed by atoms with Crippen LogP contribution in [0.3, 0.4) is 0 Å². The van der Waals surface area contributed by atoms with Gasteiger partial charge in [-0.1, -0.05) is 84.9 Å². The zero-order valence-corrected chi connectivity index (χ0v) is 20.5. The number of Topliss-reactive ketones (excluding diaryl/α,β-unsaturated/α-hetero) is 2. The van der Waals surface area contributed by atoms with E-state index in [1.165, 1.54) is 11.3 Å². The average molecular weight is 503 g/mol. The Morgan fingerprint density at radius 3 is 2.41 bits per heavy atom. The second-order valence-corrected chi connectivity index (χ2v) is 10.6. The maximum atomic E-state index is 14.5. The van der Waals surface area contributed by atoms with Crippen LogP contribution in [0.2, 0.25) is 0 Å². The van der Waals surface area contributed by atoms with Crippen LogP contribution < -0.4 is 10.2 Å². The van der Waals surface area contributed by atoms with Crippen LogP contribution >= 0.6 is 11.3 Å². The Hall–Kier alpha value is -4.29. The predicted octanol–water partition coefficient (Wildman–Crippen LogP) is 5.60. The van der Waals surface area contributed by atoms with Gasteiger partial charge in [0.2, 0.25) is 5.91 Å². The van der Waals surface area contributed by atoms with Crippen LogP contribution in [0.4, 0.5) is 11.4 Å². The van der Waals surface area contributed by atoms with Gasteiger partial charge in [0, 0.05) is 16.9 Å². The van der Waals surface area contributed by atoms with Gasteiger partial charge in [-0.3, -0.25) is 14.4 Å². The molecular weight excluding hydrogens is 480 g/mol. The topological polar surface area (TPSA) is 66.5 Å². The maximum Gasteiger partial charge on any atom is 0.238 e. The fourth-order valence-electron chi connectivity index (χ4n) is 6.46. The van der Waals surface area contributed by atoms with Crippen LogP contribution in [0, 0.1) is 5.92 Å². The van der Waals surface area contributed by atoms with E-state index in [0.717, 1.165) is 16.8 Å². The Kier molecular flexibility index (Phi) is 4.81. The van der Waals surface area contributed by atoms with Crippen LogP contribution in [0.25, 0.3) is 6.08 Å². The van der Waals surface area contributed by atoms with Gasteiger partial charge in [-0.2, -0.15) is 0 Å². The molecule has 180 valence electrons. The van der Waals surface area contributed by atoms with Gasteiger partial charge in [-0.25, -0.2) is 0 Å². The molecule has 3 aliphatic rings. The number of benzene rings is 3. The zero-order chi connectivity index (χ0) is 25.1. The van der Waals surface area contributed by atoms with Crippen LogP contribution in [0.1, 0.15) is 31.2 Å². The molecule has 1 fully saturated rings. The molecule has 4 heterocycles. The summed E-state index contributed by atoms with van der Waals surface area (Å²) in [6.45, 7) is 0. The molecule has 0 saturated carbocycles. The van der Waals surface area contributed by atoms with Crippen molar-refractivity contribution in [3.8, 4) is 0 Å². The summed E-state index contributed by atoms with van der Waals surface area (Å²) >= 11 is 1.34. The Balaban J connectivity index is 1.55. The molecule has 4 aromatic rings. The van der Waals surface area contributed by atoms with E-state index in [1.807, 2.05) is 95.2 Å². The molecule has 6 heteroatoms. The number of rotatable bonds is 4. The second kappa shape index (κ2) is 8.11. The van der Waals surface area contributed by atoms with Crippen molar-refractivity contribution in [3.63, 3.8) is 0 Å². The summed E-state index contributed by atoms with van der Waals surface area (Å²) in [5, 5.41) is 4.91. The lowest BCUT2D eigenvalue weighted by Gasteiger charge is -2.37. The summed E-state index contributed by atoms with van der Waals surface area (Å²) in [5.41, 5.74) is 2.51. The minimum Gasteiger partial charge on any atom is -0.352 e. The molecule has 1 amide bonds. The van der Waals surface area contributed by atoms with Crippen molar-refractivity contribution in [2.45, 2.75) is 17.5 Å². The monoisotopic (exact) mass is 502 g/mol. The van der Waals surface area contributed by atoms with Crippen LogP contribution in [-0.4, -0.2) is 29.6 Å². The first-order chi connectivity index (χ1) is 18.1. The standard InChI is InChI=1S/C31H22N2O3S/c34-28(20-10-2-1-3-11-20)27-26(29(35)24-15-8-18-37-24)31(21-12-5-6-13-22(21)32-30(31)36)25-17-16-19-9-4-7-14-23(19)33(25)27/h1-18,25-27H,(H,32,36)/t25-,26+,27-,31-/m0/s1. The molecule has 0 unspecified atom stereocenters. The first kappa shape index (κ1) is 21.9. The van der Waals surface area contributed by atoms with Crippen molar-refractivity contribution in [1.29, 1.82) is 0 Å². The summed E-state index contributed by atoms with van der Waals surface area (Å²) < 4.78 is 0. The molecule has 3 aliphatic heterocycles. The fraction of sp³-hybridized carbons (Fsp3) is 0.129. The first-order valence-electron chi connectivity index (χ1n) is 12.3. The summed E-state index contributed by atoms with van der Waals surface area (Å²) in [6.07, 6.45) is 4.01. The third-order valence-electron chi connectivity index (χ3n) is 7.92. The highest BCUT2D eigenvalue weighted by molar-refractivity contribution is 7.12. The number of nitrogens with one attached hydrogen (secondary N) is 1. The van der Waals surface area contributed by atoms with Crippen molar-refractivity contribution in [1.82, 2.24) is 0 Å². The molecule has 7 rings (SSSR count). The van der Waals surface area contributed by atoms with Crippen LogP contribution in [-0.2, 0) is 10.2 Å². The summed E-state index contributed by atoms with van der Waals surface area (Å²) in [5.74, 6) is -1.52. The van der Waals surface area contributed by atoms with Gasteiger partial charge in [-0.15, -0.1) is 11.3 Å². The molecule has 1 saturated heterocycles. The molecule has 1 N–H and O–H groups in total. The summed E-state index contributed by atoms with van der Waals surface area (Å²) in [6, 6.07) is 26.7. The number of anilines is 2. The van der Waals surface area contributed by atoms with Crippen molar-refractivity contribution >= 4 is 46.3 Å². The summed E-state index contributed by atoms with van der Waals surface area (Å²) in [7, 11) is 0. The van der Waals surface area contributed by atoms with Crippen molar-refractivity contribution < 1.29 is 14.4 Å². The Bertz CT molecular complexity index is 1590. The number of carbonyl (C=O) groups is 3. The highest BCUT2D eigenvalue weighted by atomic mass is 32.1. The largest absolute Gasteiger partial charge is 0.352 e. The van der Waals surface area contributed by atoms with Crippen LogP contribution in [0.15, 0.2) is 102 Å². The first-order valence-corrected chi connectivity index (χ1v) is 13.1. The number of thiophene rings is 1. The van der Waals surface area contributed by atoms with Gasteiger partial charge < -0.3 is 10.2 Å². The molecule has 0 bridgehead atoms.